The van der Waals surface area contributed by atoms with Crippen molar-refractivity contribution in [1.82, 2.24) is 5.01 Å². The van der Waals surface area contributed by atoms with Crippen LogP contribution in [0.4, 0.5) is 0 Å². The zero-order valence-corrected chi connectivity index (χ0v) is 13.1. The van der Waals surface area contributed by atoms with Crippen molar-refractivity contribution in [2.45, 2.75) is 0 Å². The summed E-state index contributed by atoms with van der Waals surface area (Å²) in [6.07, 6.45) is 0.379. The van der Waals surface area contributed by atoms with Crippen LogP contribution in [0, 0.1) is 0 Å². The van der Waals surface area contributed by atoms with E-state index < -0.39 is 6.19 Å². The Labute approximate surface area is 110 Å². The van der Waals surface area contributed by atoms with Crippen LogP contribution in [0.1, 0.15) is 5.56 Å². The third-order valence-electron chi connectivity index (χ3n) is 1.71. The van der Waals surface area contributed by atoms with Crippen LogP contribution in [-0.2, 0) is 11.8 Å². The highest BCUT2D eigenvalue weighted by molar-refractivity contribution is 8.14. The van der Waals surface area contributed by atoms with Crippen molar-refractivity contribution in [3.63, 3.8) is 0 Å². The van der Waals surface area contributed by atoms with Gasteiger partial charge in [-0.05, 0) is 31.0 Å². The third kappa shape index (κ3) is 6.68. The molecule has 0 aliphatic rings. The molecule has 0 heterocycles. The smallest absolute Gasteiger partial charge is 0.0571 e. The predicted octanol–water partition coefficient (Wildman–Crippen LogP) is 2.99. The second-order valence-electron chi connectivity index (χ2n) is 4.17. The minimum atomic E-state index is -1.46. The van der Waals surface area contributed by atoms with Crippen molar-refractivity contribution < 1.29 is 0 Å². The Bertz CT molecular complexity index is 460. The van der Waals surface area contributed by atoms with Gasteiger partial charge >= 0.3 is 0 Å². The maximum atomic E-state index is 5.29. The highest BCUT2D eigenvalue weighted by atomic mass is 32.4. The number of hydrazone groups is 1. The van der Waals surface area contributed by atoms with Crippen molar-refractivity contribution in [2.75, 3.05) is 27.4 Å². The molecule has 0 aliphatic heterocycles. The van der Waals surface area contributed by atoms with Gasteiger partial charge in [0.15, 0.2) is 0 Å². The van der Waals surface area contributed by atoms with Crippen molar-refractivity contribution in [3.8, 4) is 0 Å². The van der Waals surface area contributed by atoms with Gasteiger partial charge in [0.1, 0.15) is 0 Å². The van der Waals surface area contributed by atoms with Crippen molar-refractivity contribution >= 4 is 37.9 Å². The average Bonchev–Trinajstić information content (AvgIpc) is 2.24. The molecule has 0 saturated carbocycles. The van der Waals surface area contributed by atoms with Gasteiger partial charge in [-0.1, -0.05) is 23.9 Å². The van der Waals surface area contributed by atoms with E-state index >= 15 is 0 Å². The van der Waals surface area contributed by atoms with Crippen LogP contribution in [0.3, 0.4) is 0 Å². The molecule has 0 N–H and O–H groups in total. The summed E-state index contributed by atoms with van der Waals surface area (Å²) in [4.78, 5) is 0. The van der Waals surface area contributed by atoms with E-state index in [-0.39, 0.29) is 0 Å². The van der Waals surface area contributed by atoms with Gasteiger partial charge in [-0.3, -0.25) is 0 Å². The fraction of sp³-hybridized carbons (Fsp3) is 0.364. The van der Waals surface area contributed by atoms with Gasteiger partial charge in [0.25, 0.3) is 0 Å². The molecule has 0 radical (unpaired) electrons. The number of rotatable bonds is 4. The van der Waals surface area contributed by atoms with Gasteiger partial charge in [-0.25, -0.2) is 4.52 Å². The molecule has 92 valence electrons. The first-order valence-corrected chi connectivity index (χ1v) is 9.66. The molecule has 1 aromatic carbocycles. The summed E-state index contributed by atoms with van der Waals surface area (Å²) in [7, 11) is 4.77. The molecule has 0 spiro atoms. The largest absolute Gasteiger partial charge is 0.303 e. The van der Waals surface area contributed by atoms with Gasteiger partial charge in [0.05, 0.1) is 12.4 Å². The number of hydrogen-bond acceptors (Lipinski definition) is 3. The van der Waals surface area contributed by atoms with Crippen LogP contribution in [0.2, 0.25) is 0 Å². The van der Waals surface area contributed by atoms with Gasteiger partial charge in [0.2, 0.25) is 0 Å². The van der Waals surface area contributed by atoms with Gasteiger partial charge in [0, 0.05) is 27.8 Å². The molecule has 6 heteroatoms. The van der Waals surface area contributed by atoms with E-state index in [1.807, 2.05) is 45.8 Å². The Balaban J connectivity index is 2.75. The first kappa shape index (κ1) is 14.5. The first-order chi connectivity index (χ1) is 7.87. The first-order valence-electron chi connectivity index (χ1n) is 5.16. The maximum Gasteiger partial charge on any atom is 0.0571 e. The Morgan fingerprint density at radius 2 is 1.82 bits per heavy atom. The summed E-state index contributed by atoms with van der Waals surface area (Å²) in [6.45, 7) is 4.07. The summed E-state index contributed by atoms with van der Waals surface area (Å²) >= 11 is 5.29. The van der Waals surface area contributed by atoms with E-state index in [4.69, 9.17) is 11.8 Å². The van der Waals surface area contributed by atoms with E-state index in [2.05, 4.69) is 21.7 Å². The molecule has 3 nitrogen and oxygen atoms in total. The summed E-state index contributed by atoms with van der Waals surface area (Å²) in [5.41, 5.74) is 1.09. The van der Waals surface area contributed by atoms with Gasteiger partial charge < -0.3 is 5.01 Å². The minimum Gasteiger partial charge on any atom is -0.303 e. The van der Waals surface area contributed by atoms with Crippen LogP contribution in [0.25, 0.3) is 0 Å². The molecule has 0 aliphatic carbocycles. The zero-order valence-electron chi connectivity index (χ0n) is 10.5. The van der Waals surface area contributed by atoms with Crippen LogP contribution in [0.15, 0.2) is 33.9 Å². The molecule has 0 atom stereocenters. The lowest BCUT2D eigenvalue weighted by molar-refractivity contribution is 0.440. The van der Waals surface area contributed by atoms with Crippen molar-refractivity contribution in [3.05, 3.63) is 29.8 Å². The van der Waals surface area contributed by atoms with Crippen molar-refractivity contribution in [1.29, 1.82) is 0 Å². The molecule has 0 amide bonds. The van der Waals surface area contributed by atoms with Crippen LogP contribution in [-0.4, -0.2) is 38.6 Å². The standard InChI is InChI=1S/C11H17N3P2S/c1-14(2)12-9-10-5-7-11(8-6-10)15-13-16(3,4)17/h5-9H,1-4H3. The second kappa shape index (κ2) is 6.39. The van der Waals surface area contributed by atoms with E-state index in [0.29, 0.717) is 0 Å². The normalized spacial score (nSPS) is 12.5. The molecular weight excluding hydrogens is 268 g/mol. The SMILES string of the molecule is CN(C)N=Cc1ccc(P=NP(C)(C)=S)cc1. The van der Waals surface area contributed by atoms with Crippen LogP contribution >= 0.6 is 14.6 Å². The molecule has 0 unspecified atom stereocenters. The lowest BCUT2D eigenvalue weighted by Gasteiger charge is -2.02. The van der Waals surface area contributed by atoms with E-state index in [9.17, 15) is 0 Å². The van der Waals surface area contributed by atoms with Crippen LogP contribution < -0.4 is 5.30 Å². The van der Waals surface area contributed by atoms with Gasteiger partial charge in [-0.2, -0.15) is 5.10 Å². The Kier molecular flexibility index (Phi) is 5.45. The summed E-state index contributed by atoms with van der Waals surface area (Å²) < 4.78 is 4.49. The molecular formula is C11H17N3P2S. The van der Waals surface area contributed by atoms with Crippen molar-refractivity contribution in [2.24, 2.45) is 9.62 Å². The monoisotopic (exact) mass is 285 g/mol. The molecule has 1 rings (SSSR count). The Hall–Kier alpha value is -0.560. The highest BCUT2D eigenvalue weighted by Crippen LogP contribution is 2.41. The quantitative estimate of drug-likeness (QED) is 0.483. The Morgan fingerprint density at radius 3 is 2.29 bits per heavy atom. The molecule has 0 bridgehead atoms. The van der Waals surface area contributed by atoms with E-state index in [1.54, 1.807) is 5.01 Å². The molecule has 0 fully saturated rings. The summed E-state index contributed by atoms with van der Waals surface area (Å²) in [5.74, 6) is 0. The lowest BCUT2D eigenvalue weighted by atomic mass is 10.2. The van der Waals surface area contributed by atoms with E-state index in [1.165, 1.54) is 5.30 Å². The third-order valence-corrected chi connectivity index (χ3v) is 4.97. The minimum absolute atomic E-state index is 0.970. The number of benzene rings is 1. The molecule has 0 saturated heterocycles. The highest BCUT2D eigenvalue weighted by Gasteiger charge is 1.96. The fourth-order valence-electron chi connectivity index (χ4n) is 0.969. The summed E-state index contributed by atoms with van der Waals surface area (Å²) in [6, 6.07) is 8.21. The topological polar surface area (TPSA) is 28.0 Å². The molecule has 0 aromatic heterocycles. The van der Waals surface area contributed by atoms with Crippen LogP contribution in [0.5, 0.6) is 0 Å². The molecule has 1 aromatic rings. The Morgan fingerprint density at radius 1 is 1.24 bits per heavy atom. The van der Waals surface area contributed by atoms with Gasteiger partial charge in [-0.15, -0.1) is 0 Å². The maximum absolute atomic E-state index is 5.29. The predicted molar refractivity (Wildman–Crippen MR) is 82.8 cm³/mol. The number of hydrogen-bond donors (Lipinski definition) is 0. The lowest BCUT2D eigenvalue weighted by Crippen LogP contribution is -2.02. The number of nitrogens with zero attached hydrogens (tertiary/aromatic N) is 3. The zero-order chi connectivity index (χ0) is 12.9. The second-order valence-corrected chi connectivity index (χ2v) is 10.9. The summed E-state index contributed by atoms with van der Waals surface area (Å²) in [5, 5.41) is 7.12. The fourth-order valence-corrected chi connectivity index (χ4v) is 2.85. The van der Waals surface area contributed by atoms with E-state index in [0.717, 1.165) is 13.9 Å². The average molecular weight is 285 g/mol. The molecule has 17 heavy (non-hydrogen) atoms.